The lowest BCUT2D eigenvalue weighted by atomic mass is 9.99. The van der Waals surface area contributed by atoms with E-state index in [0.717, 1.165) is 6.54 Å². The second kappa shape index (κ2) is 5.35. The molecule has 1 atom stereocenters. The number of hydrogen-bond acceptors (Lipinski definition) is 2. The number of nitrogens with one attached hydrogen (secondary N) is 1. The molecule has 0 saturated carbocycles. The van der Waals surface area contributed by atoms with Crippen LogP contribution in [0.15, 0.2) is 24.3 Å². The standard InChI is InChI=1S/C14H22N2/c1-12(9-10-15-2)16-11-5-7-13-6-3-4-8-14(13)16/h3-4,6,8,12,15H,5,7,9-11H2,1-2H3. The molecular formula is C14H22N2. The summed E-state index contributed by atoms with van der Waals surface area (Å²) in [4.78, 5) is 2.57. The average molecular weight is 218 g/mol. The van der Waals surface area contributed by atoms with Crippen molar-refractivity contribution in [2.75, 3.05) is 25.0 Å². The SMILES string of the molecule is CNCCC(C)N1CCCc2ccccc21. The topological polar surface area (TPSA) is 15.3 Å². The zero-order valence-electron chi connectivity index (χ0n) is 10.4. The van der Waals surface area contributed by atoms with E-state index in [2.05, 4.69) is 41.4 Å². The number of hydrogen-bond donors (Lipinski definition) is 1. The zero-order valence-corrected chi connectivity index (χ0v) is 10.4. The quantitative estimate of drug-likeness (QED) is 0.835. The average Bonchev–Trinajstić information content (AvgIpc) is 2.35. The molecule has 0 fully saturated rings. The summed E-state index contributed by atoms with van der Waals surface area (Å²) in [5, 5.41) is 3.23. The fraction of sp³-hybridized carbons (Fsp3) is 0.571. The maximum absolute atomic E-state index is 3.23. The van der Waals surface area contributed by atoms with Crippen LogP contribution in [0.2, 0.25) is 0 Å². The van der Waals surface area contributed by atoms with Crippen LogP contribution in [0.25, 0.3) is 0 Å². The van der Waals surface area contributed by atoms with Crippen LogP contribution in [-0.4, -0.2) is 26.2 Å². The normalized spacial score (nSPS) is 17.0. The van der Waals surface area contributed by atoms with Crippen molar-refractivity contribution in [1.82, 2.24) is 5.32 Å². The summed E-state index contributed by atoms with van der Waals surface area (Å²) < 4.78 is 0. The van der Waals surface area contributed by atoms with E-state index in [1.165, 1.54) is 37.1 Å². The Labute approximate surface area is 98.7 Å². The van der Waals surface area contributed by atoms with Gasteiger partial charge in [0.15, 0.2) is 0 Å². The fourth-order valence-electron chi connectivity index (χ4n) is 2.53. The van der Waals surface area contributed by atoms with Crippen molar-refractivity contribution in [1.29, 1.82) is 0 Å². The van der Waals surface area contributed by atoms with Gasteiger partial charge >= 0.3 is 0 Å². The van der Waals surface area contributed by atoms with Crippen molar-refractivity contribution in [2.24, 2.45) is 0 Å². The summed E-state index contributed by atoms with van der Waals surface area (Å²) in [5.41, 5.74) is 2.97. The third-order valence-corrected chi connectivity index (χ3v) is 3.49. The maximum atomic E-state index is 3.23. The highest BCUT2D eigenvalue weighted by Gasteiger charge is 2.20. The molecule has 0 bridgehead atoms. The first-order valence-electron chi connectivity index (χ1n) is 6.32. The van der Waals surface area contributed by atoms with Crippen LogP contribution < -0.4 is 10.2 Å². The van der Waals surface area contributed by atoms with E-state index in [4.69, 9.17) is 0 Å². The molecule has 2 rings (SSSR count). The zero-order chi connectivity index (χ0) is 11.4. The molecule has 2 nitrogen and oxygen atoms in total. The molecule has 0 saturated heterocycles. The number of fused-ring (bicyclic) bond motifs is 1. The summed E-state index contributed by atoms with van der Waals surface area (Å²) in [5.74, 6) is 0. The summed E-state index contributed by atoms with van der Waals surface area (Å²) in [7, 11) is 2.02. The molecule has 1 aromatic rings. The molecule has 0 radical (unpaired) electrons. The highest BCUT2D eigenvalue weighted by atomic mass is 15.2. The van der Waals surface area contributed by atoms with E-state index in [0.29, 0.717) is 6.04 Å². The third kappa shape index (κ3) is 2.38. The highest BCUT2D eigenvalue weighted by molar-refractivity contribution is 5.56. The Bertz CT molecular complexity index is 335. The highest BCUT2D eigenvalue weighted by Crippen LogP contribution is 2.28. The van der Waals surface area contributed by atoms with Crippen molar-refractivity contribution in [3.8, 4) is 0 Å². The number of rotatable bonds is 4. The van der Waals surface area contributed by atoms with E-state index in [1.807, 2.05) is 7.05 Å². The Kier molecular flexibility index (Phi) is 3.83. The maximum Gasteiger partial charge on any atom is 0.0401 e. The first kappa shape index (κ1) is 11.5. The Morgan fingerprint density at radius 1 is 1.38 bits per heavy atom. The molecular weight excluding hydrogens is 196 g/mol. The van der Waals surface area contributed by atoms with E-state index in [1.54, 1.807) is 0 Å². The Hall–Kier alpha value is -1.02. The van der Waals surface area contributed by atoms with E-state index in [9.17, 15) is 0 Å². The minimum absolute atomic E-state index is 0.633. The van der Waals surface area contributed by atoms with Gasteiger partial charge in [0.2, 0.25) is 0 Å². The second-order valence-electron chi connectivity index (χ2n) is 4.67. The van der Waals surface area contributed by atoms with Gasteiger partial charge in [0.05, 0.1) is 0 Å². The lowest BCUT2D eigenvalue weighted by molar-refractivity contribution is 0.546. The van der Waals surface area contributed by atoms with Crippen molar-refractivity contribution in [3.05, 3.63) is 29.8 Å². The number of anilines is 1. The van der Waals surface area contributed by atoms with Gasteiger partial charge in [-0.25, -0.2) is 0 Å². The number of nitrogens with zero attached hydrogens (tertiary/aromatic N) is 1. The van der Waals surface area contributed by atoms with Crippen molar-refractivity contribution >= 4 is 5.69 Å². The molecule has 0 amide bonds. The van der Waals surface area contributed by atoms with Gasteiger partial charge in [-0.2, -0.15) is 0 Å². The van der Waals surface area contributed by atoms with E-state index < -0.39 is 0 Å². The summed E-state index contributed by atoms with van der Waals surface area (Å²) >= 11 is 0. The van der Waals surface area contributed by atoms with E-state index >= 15 is 0 Å². The molecule has 1 heterocycles. The van der Waals surface area contributed by atoms with Gasteiger partial charge < -0.3 is 10.2 Å². The van der Waals surface area contributed by atoms with Gasteiger partial charge in [0.25, 0.3) is 0 Å². The first-order valence-corrected chi connectivity index (χ1v) is 6.32. The van der Waals surface area contributed by atoms with Gasteiger partial charge in [-0.15, -0.1) is 0 Å². The molecule has 0 aromatic heterocycles. The van der Waals surface area contributed by atoms with Crippen LogP contribution in [0.1, 0.15) is 25.3 Å². The molecule has 0 spiro atoms. The predicted octanol–water partition coefficient (Wildman–Crippen LogP) is 2.44. The van der Waals surface area contributed by atoms with E-state index in [-0.39, 0.29) is 0 Å². The van der Waals surface area contributed by atoms with Crippen molar-refractivity contribution in [2.45, 2.75) is 32.2 Å². The largest absolute Gasteiger partial charge is 0.369 e. The monoisotopic (exact) mass is 218 g/mol. The molecule has 1 aromatic carbocycles. The van der Waals surface area contributed by atoms with Gasteiger partial charge in [-0.3, -0.25) is 0 Å². The minimum atomic E-state index is 0.633. The van der Waals surface area contributed by atoms with Gasteiger partial charge in [-0.1, -0.05) is 18.2 Å². The number of para-hydroxylation sites is 1. The summed E-state index contributed by atoms with van der Waals surface area (Å²) in [6.45, 7) is 4.64. The van der Waals surface area contributed by atoms with Crippen LogP contribution >= 0.6 is 0 Å². The summed E-state index contributed by atoms with van der Waals surface area (Å²) in [6, 6.07) is 9.48. The molecule has 88 valence electrons. The van der Waals surface area contributed by atoms with Crippen LogP contribution in [-0.2, 0) is 6.42 Å². The predicted molar refractivity (Wildman–Crippen MR) is 70.1 cm³/mol. The fourth-order valence-corrected chi connectivity index (χ4v) is 2.53. The molecule has 1 aliphatic rings. The molecule has 1 N–H and O–H groups in total. The Morgan fingerprint density at radius 2 is 2.19 bits per heavy atom. The number of aryl methyl sites for hydroxylation is 1. The summed E-state index contributed by atoms with van der Waals surface area (Å²) in [6.07, 6.45) is 3.75. The van der Waals surface area contributed by atoms with Crippen LogP contribution in [0.3, 0.4) is 0 Å². The van der Waals surface area contributed by atoms with Crippen molar-refractivity contribution < 1.29 is 0 Å². The lowest BCUT2D eigenvalue weighted by Gasteiger charge is -2.36. The number of benzene rings is 1. The Morgan fingerprint density at radius 3 is 3.00 bits per heavy atom. The smallest absolute Gasteiger partial charge is 0.0401 e. The van der Waals surface area contributed by atoms with Gasteiger partial charge in [0, 0.05) is 18.3 Å². The third-order valence-electron chi connectivity index (χ3n) is 3.49. The van der Waals surface area contributed by atoms with Gasteiger partial charge in [0.1, 0.15) is 0 Å². The molecule has 1 aliphatic heterocycles. The first-order chi connectivity index (χ1) is 7.83. The minimum Gasteiger partial charge on any atom is -0.369 e. The molecule has 16 heavy (non-hydrogen) atoms. The molecule has 1 unspecified atom stereocenters. The molecule has 2 heteroatoms. The van der Waals surface area contributed by atoms with Gasteiger partial charge in [-0.05, 0) is 51.4 Å². The molecule has 0 aliphatic carbocycles. The second-order valence-corrected chi connectivity index (χ2v) is 4.67. The van der Waals surface area contributed by atoms with Crippen LogP contribution in [0.5, 0.6) is 0 Å². The van der Waals surface area contributed by atoms with Crippen LogP contribution in [0.4, 0.5) is 5.69 Å². The van der Waals surface area contributed by atoms with Crippen molar-refractivity contribution in [3.63, 3.8) is 0 Å². The Balaban J connectivity index is 2.12. The lowest BCUT2D eigenvalue weighted by Crippen LogP contribution is -2.38. The van der Waals surface area contributed by atoms with Crippen LogP contribution in [0, 0.1) is 0 Å².